The van der Waals surface area contributed by atoms with E-state index in [1.54, 1.807) is 14.2 Å². The zero-order valence-corrected chi connectivity index (χ0v) is 13.9. The molecule has 6 nitrogen and oxygen atoms in total. The number of aromatic amines is 1. The fourth-order valence-corrected chi connectivity index (χ4v) is 2.53. The predicted molar refractivity (Wildman–Crippen MR) is 92.1 cm³/mol. The summed E-state index contributed by atoms with van der Waals surface area (Å²) >= 11 is 0. The molecule has 0 aliphatic heterocycles. The van der Waals surface area contributed by atoms with Crippen molar-refractivity contribution in [3.05, 3.63) is 59.4 Å². The molecule has 3 rings (SSSR count). The molecule has 0 fully saturated rings. The lowest BCUT2D eigenvalue weighted by Crippen LogP contribution is -2.14. The Bertz CT molecular complexity index is 845. The van der Waals surface area contributed by atoms with Crippen LogP contribution < -0.4 is 15.2 Å². The molecule has 0 aliphatic rings. The van der Waals surface area contributed by atoms with Gasteiger partial charge >= 0.3 is 0 Å². The van der Waals surface area contributed by atoms with Crippen molar-refractivity contribution in [1.82, 2.24) is 15.2 Å². The van der Waals surface area contributed by atoms with E-state index in [9.17, 15) is 0 Å². The summed E-state index contributed by atoms with van der Waals surface area (Å²) in [6, 6.07) is 13.2. The molecule has 0 aliphatic carbocycles. The number of nitrogens with two attached hydrogens (primary N) is 1. The molecule has 1 heterocycles. The lowest BCUT2D eigenvalue weighted by atomic mass is 10.1. The molecule has 0 saturated carbocycles. The van der Waals surface area contributed by atoms with E-state index in [0.29, 0.717) is 23.1 Å². The lowest BCUT2D eigenvalue weighted by molar-refractivity contribution is 0.354. The average Bonchev–Trinajstić information content (AvgIpc) is 3.10. The quantitative estimate of drug-likeness (QED) is 0.753. The number of hydrogen-bond donors (Lipinski definition) is 2. The maximum absolute atomic E-state index is 6.32. The summed E-state index contributed by atoms with van der Waals surface area (Å²) < 4.78 is 10.6. The van der Waals surface area contributed by atoms with Crippen molar-refractivity contribution in [3.8, 4) is 22.9 Å². The molecule has 6 heteroatoms. The van der Waals surface area contributed by atoms with E-state index in [4.69, 9.17) is 15.2 Å². The van der Waals surface area contributed by atoms with Crippen molar-refractivity contribution in [1.29, 1.82) is 0 Å². The van der Waals surface area contributed by atoms with E-state index in [1.807, 2.05) is 49.4 Å². The molecule has 24 heavy (non-hydrogen) atoms. The number of nitrogens with zero attached hydrogens (tertiary/aromatic N) is 2. The first kappa shape index (κ1) is 16.0. The van der Waals surface area contributed by atoms with Gasteiger partial charge in [-0.15, -0.1) is 0 Å². The number of ether oxygens (including phenoxy) is 2. The molecule has 2 aromatic carbocycles. The van der Waals surface area contributed by atoms with E-state index in [1.165, 1.54) is 0 Å². The Balaban J connectivity index is 1.90. The van der Waals surface area contributed by atoms with Crippen molar-refractivity contribution in [3.63, 3.8) is 0 Å². The first-order chi connectivity index (χ1) is 11.6. The minimum absolute atomic E-state index is 0.434. The zero-order valence-electron chi connectivity index (χ0n) is 13.9. The summed E-state index contributed by atoms with van der Waals surface area (Å²) in [6.07, 6.45) is 0. The Kier molecular flexibility index (Phi) is 4.48. The van der Waals surface area contributed by atoms with Crippen LogP contribution in [0.4, 0.5) is 0 Å². The highest BCUT2D eigenvalue weighted by Gasteiger charge is 2.17. The van der Waals surface area contributed by atoms with Crippen LogP contribution in [0, 0.1) is 6.92 Å². The molecular formula is C18H20N4O2. The molecular weight excluding hydrogens is 304 g/mol. The number of hydrogen-bond acceptors (Lipinski definition) is 5. The van der Waals surface area contributed by atoms with Gasteiger partial charge in [0.1, 0.15) is 5.82 Å². The van der Waals surface area contributed by atoms with Gasteiger partial charge < -0.3 is 15.2 Å². The minimum atomic E-state index is -0.434. The van der Waals surface area contributed by atoms with Crippen molar-refractivity contribution in [2.75, 3.05) is 14.2 Å². The van der Waals surface area contributed by atoms with Crippen LogP contribution in [0.15, 0.2) is 42.5 Å². The molecule has 0 amide bonds. The second-order valence-electron chi connectivity index (χ2n) is 5.51. The summed E-state index contributed by atoms with van der Waals surface area (Å²) in [5, 5.41) is 7.21. The number of H-pyrrole nitrogens is 1. The van der Waals surface area contributed by atoms with Gasteiger partial charge in [0.05, 0.1) is 20.3 Å². The third kappa shape index (κ3) is 3.09. The van der Waals surface area contributed by atoms with Crippen LogP contribution in [0.5, 0.6) is 11.5 Å². The molecule has 1 aromatic heterocycles. The van der Waals surface area contributed by atoms with Crippen molar-refractivity contribution in [2.45, 2.75) is 13.0 Å². The standard InChI is InChI=1S/C18H20N4O2/c1-11-5-4-6-13(9-11)17-20-18(22-21-17)16(19)12-7-8-14(23-2)15(10-12)24-3/h4-10,16H,19H2,1-3H3,(H,20,21,22). The fraction of sp³-hybridized carbons (Fsp3) is 0.222. The van der Waals surface area contributed by atoms with Gasteiger partial charge in [-0.25, -0.2) is 4.98 Å². The number of methoxy groups -OCH3 is 2. The molecule has 1 unspecified atom stereocenters. The Morgan fingerprint density at radius 1 is 1.04 bits per heavy atom. The number of nitrogens with one attached hydrogen (secondary N) is 1. The van der Waals surface area contributed by atoms with Gasteiger partial charge in [-0.2, -0.15) is 5.10 Å². The average molecular weight is 324 g/mol. The van der Waals surface area contributed by atoms with E-state index >= 15 is 0 Å². The Labute approximate surface area is 140 Å². The van der Waals surface area contributed by atoms with E-state index in [-0.39, 0.29) is 0 Å². The van der Waals surface area contributed by atoms with Gasteiger partial charge in [-0.05, 0) is 30.7 Å². The van der Waals surface area contributed by atoms with Crippen LogP contribution in [-0.4, -0.2) is 29.4 Å². The number of rotatable bonds is 5. The Morgan fingerprint density at radius 2 is 1.83 bits per heavy atom. The molecule has 1 atom stereocenters. The van der Waals surface area contributed by atoms with Gasteiger partial charge in [-0.3, -0.25) is 5.10 Å². The second-order valence-corrected chi connectivity index (χ2v) is 5.51. The molecule has 3 aromatic rings. The largest absolute Gasteiger partial charge is 0.493 e. The molecule has 3 N–H and O–H groups in total. The first-order valence-corrected chi connectivity index (χ1v) is 7.59. The van der Waals surface area contributed by atoms with Gasteiger partial charge in [0.15, 0.2) is 17.3 Å². The van der Waals surface area contributed by atoms with Crippen molar-refractivity contribution in [2.24, 2.45) is 5.73 Å². The smallest absolute Gasteiger partial charge is 0.181 e. The highest BCUT2D eigenvalue weighted by Crippen LogP contribution is 2.31. The summed E-state index contributed by atoms with van der Waals surface area (Å²) in [4.78, 5) is 4.53. The van der Waals surface area contributed by atoms with Gasteiger partial charge in [0, 0.05) is 5.56 Å². The van der Waals surface area contributed by atoms with Crippen molar-refractivity contribution < 1.29 is 9.47 Å². The maximum atomic E-state index is 6.32. The van der Waals surface area contributed by atoms with Crippen LogP contribution in [0.25, 0.3) is 11.4 Å². The van der Waals surface area contributed by atoms with E-state index in [0.717, 1.165) is 16.7 Å². The Hall–Kier alpha value is -2.86. The molecule has 0 radical (unpaired) electrons. The third-order valence-electron chi connectivity index (χ3n) is 3.84. The molecule has 0 saturated heterocycles. The topological polar surface area (TPSA) is 86.0 Å². The van der Waals surface area contributed by atoms with E-state index < -0.39 is 6.04 Å². The summed E-state index contributed by atoms with van der Waals surface area (Å²) in [5.74, 6) is 2.51. The Morgan fingerprint density at radius 3 is 2.54 bits per heavy atom. The van der Waals surface area contributed by atoms with Gasteiger partial charge in [0.25, 0.3) is 0 Å². The fourth-order valence-electron chi connectivity index (χ4n) is 2.53. The SMILES string of the molecule is COc1ccc(C(N)c2nc(-c3cccc(C)c3)n[nH]2)cc1OC. The highest BCUT2D eigenvalue weighted by molar-refractivity contribution is 5.55. The first-order valence-electron chi connectivity index (χ1n) is 7.59. The van der Waals surface area contributed by atoms with Crippen LogP contribution >= 0.6 is 0 Å². The van der Waals surface area contributed by atoms with Crippen molar-refractivity contribution >= 4 is 0 Å². The highest BCUT2D eigenvalue weighted by atomic mass is 16.5. The number of benzene rings is 2. The zero-order chi connectivity index (χ0) is 17.1. The van der Waals surface area contributed by atoms with Crippen LogP contribution in [0.2, 0.25) is 0 Å². The molecule has 0 spiro atoms. The van der Waals surface area contributed by atoms with Crippen LogP contribution in [0.1, 0.15) is 23.0 Å². The summed E-state index contributed by atoms with van der Waals surface area (Å²) in [5.41, 5.74) is 9.29. The molecule has 0 bridgehead atoms. The normalized spacial score (nSPS) is 12.0. The number of aromatic nitrogens is 3. The lowest BCUT2D eigenvalue weighted by Gasteiger charge is -2.13. The summed E-state index contributed by atoms with van der Waals surface area (Å²) in [7, 11) is 3.19. The minimum Gasteiger partial charge on any atom is -0.493 e. The van der Waals surface area contributed by atoms with Crippen LogP contribution in [-0.2, 0) is 0 Å². The summed E-state index contributed by atoms with van der Waals surface area (Å²) in [6.45, 7) is 2.03. The van der Waals surface area contributed by atoms with Crippen LogP contribution in [0.3, 0.4) is 0 Å². The monoisotopic (exact) mass is 324 g/mol. The predicted octanol–water partition coefficient (Wildman–Crippen LogP) is 2.85. The second kappa shape index (κ2) is 6.72. The molecule has 124 valence electrons. The number of aryl methyl sites for hydroxylation is 1. The van der Waals surface area contributed by atoms with Gasteiger partial charge in [-0.1, -0.05) is 29.8 Å². The van der Waals surface area contributed by atoms with Gasteiger partial charge in [0.2, 0.25) is 0 Å². The third-order valence-corrected chi connectivity index (χ3v) is 3.84. The van der Waals surface area contributed by atoms with E-state index in [2.05, 4.69) is 15.2 Å². The maximum Gasteiger partial charge on any atom is 0.181 e.